The van der Waals surface area contributed by atoms with Gasteiger partial charge < -0.3 is 10.8 Å². The second kappa shape index (κ2) is 4.98. The van der Waals surface area contributed by atoms with Crippen molar-refractivity contribution in [3.8, 4) is 6.01 Å². The van der Waals surface area contributed by atoms with Crippen LogP contribution < -0.4 is 5.73 Å². The van der Waals surface area contributed by atoms with Crippen molar-refractivity contribution in [3.05, 3.63) is 60.2 Å². The summed E-state index contributed by atoms with van der Waals surface area (Å²) in [7, 11) is 0. The molecule has 1 atom stereocenters. The number of nitrogen functional groups attached to an aromatic ring is 1. The number of anilines is 1. The van der Waals surface area contributed by atoms with E-state index in [-0.39, 0.29) is 12.1 Å². The van der Waals surface area contributed by atoms with Crippen LogP contribution in [0.25, 0.3) is 21.9 Å². The normalized spacial score (nSPS) is 12.7. The summed E-state index contributed by atoms with van der Waals surface area (Å²) in [5.74, 6) is 0.327. The van der Waals surface area contributed by atoms with Gasteiger partial charge in [-0.1, -0.05) is 48.5 Å². The number of aromatic hydroxyl groups is 1. The average molecular weight is 304 g/mol. The first-order chi connectivity index (χ1) is 11.2. The lowest BCUT2D eigenvalue weighted by atomic mass is 10.1. The van der Waals surface area contributed by atoms with Gasteiger partial charge in [-0.3, -0.25) is 4.57 Å². The summed E-state index contributed by atoms with van der Waals surface area (Å²) in [5, 5.41) is 11.3. The van der Waals surface area contributed by atoms with E-state index in [0.717, 1.165) is 22.0 Å². The number of benzene rings is 2. The molecule has 0 aliphatic heterocycles. The van der Waals surface area contributed by atoms with E-state index in [2.05, 4.69) is 9.97 Å². The first-order valence-corrected chi connectivity index (χ1v) is 7.47. The largest absolute Gasteiger partial charge is 0.480 e. The Morgan fingerprint density at radius 1 is 1.00 bits per heavy atom. The van der Waals surface area contributed by atoms with Gasteiger partial charge in [0.2, 0.25) is 0 Å². The molecule has 0 aliphatic carbocycles. The molecule has 4 aromatic rings. The van der Waals surface area contributed by atoms with E-state index in [4.69, 9.17) is 5.73 Å². The van der Waals surface area contributed by atoms with Crippen molar-refractivity contribution in [2.75, 3.05) is 5.73 Å². The first kappa shape index (κ1) is 13.6. The van der Waals surface area contributed by atoms with Crippen LogP contribution in [0.4, 0.5) is 5.82 Å². The van der Waals surface area contributed by atoms with Gasteiger partial charge >= 0.3 is 0 Å². The molecule has 2 aromatic carbocycles. The molecule has 0 bridgehead atoms. The molecule has 0 fully saturated rings. The maximum atomic E-state index is 10.4. The standard InChI is InChI=1S/C18H16N4O/c1-11(12-7-3-2-4-8-12)22-16-13-9-5-6-10-14(13)20-17(19)15(16)21-18(22)23/h2-11H,1H3,(H2,19,20)(H,21,23). The van der Waals surface area contributed by atoms with Crippen LogP contribution in [-0.4, -0.2) is 19.6 Å². The van der Waals surface area contributed by atoms with Gasteiger partial charge in [0.25, 0.3) is 6.01 Å². The molecule has 0 amide bonds. The van der Waals surface area contributed by atoms with Gasteiger partial charge in [-0.05, 0) is 18.6 Å². The van der Waals surface area contributed by atoms with Crippen molar-refractivity contribution in [3.63, 3.8) is 0 Å². The number of hydrogen-bond donors (Lipinski definition) is 2. The summed E-state index contributed by atoms with van der Waals surface area (Å²) in [6.45, 7) is 2.03. The van der Waals surface area contributed by atoms with Crippen LogP contribution in [0.1, 0.15) is 18.5 Å². The van der Waals surface area contributed by atoms with E-state index < -0.39 is 0 Å². The van der Waals surface area contributed by atoms with Crippen LogP contribution in [0.3, 0.4) is 0 Å². The molecule has 0 saturated carbocycles. The summed E-state index contributed by atoms with van der Waals surface area (Å²) in [4.78, 5) is 8.62. The Kier molecular flexibility index (Phi) is 2.94. The highest BCUT2D eigenvalue weighted by atomic mass is 16.3. The minimum absolute atomic E-state index is 0.0544. The van der Waals surface area contributed by atoms with Crippen LogP contribution in [-0.2, 0) is 0 Å². The molecule has 0 radical (unpaired) electrons. The second-order valence-corrected chi connectivity index (χ2v) is 5.58. The third-order valence-electron chi connectivity index (χ3n) is 4.20. The lowest BCUT2D eigenvalue weighted by Crippen LogP contribution is -2.06. The topological polar surface area (TPSA) is 77.0 Å². The maximum Gasteiger partial charge on any atom is 0.295 e. The molecule has 0 saturated heterocycles. The monoisotopic (exact) mass is 304 g/mol. The molecular weight excluding hydrogens is 288 g/mol. The zero-order valence-corrected chi connectivity index (χ0v) is 12.6. The molecule has 0 spiro atoms. The third-order valence-corrected chi connectivity index (χ3v) is 4.20. The predicted molar refractivity (Wildman–Crippen MR) is 91.4 cm³/mol. The fraction of sp³-hybridized carbons (Fsp3) is 0.111. The van der Waals surface area contributed by atoms with Crippen LogP contribution in [0.15, 0.2) is 54.6 Å². The van der Waals surface area contributed by atoms with Crippen LogP contribution >= 0.6 is 0 Å². The van der Waals surface area contributed by atoms with E-state index in [1.54, 1.807) is 0 Å². The highest BCUT2D eigenvalue weighted by Crippen LogP contribution is 2.35. The molecule has 2 heterocycles. The Bertz CT molecular complexity index is 1010. The number of nitrogens with two attached hydrogens (primary N) is 1. The number of pyridine rings is 1. The molecule has 4 rings (SSSR count). The summed E-state index contributed by atoms with van der Waals surface area (Å²) in [6, 6.07) is 17.6. The fourth-order valence-electron chi connectivity index (χ4n) is 3.06. The van der Waals surface area contributed by atoms with Gasteiger partial charge in [0.1, 0.15) is 5.52 Å². The van der Waals surface area contributed by atoms with E-state index in [9.17, 15) is 5.11 Å². The lowest BCUT2D eigenvalue weighted by molar-refractivity contribution is 0.394. The SMILES string of the molecule is CC(c1ccccc1)n1c(O)nc2c(N)nc3ccccc3c21. The molecule has 5 nitrogen and oxygen atoms in total. The lowest BCUT2D eigenvalue weighted by Gasteiger charge is -2.16. The van der Waals surface area contributed by atoms with Crippen molar-refractivity contribution in [2.24, 2.45) is 0 Å². The molecule has 23 heavy (non-hydrogen) atoms. The summed E-state index contributed by atoms with van der Waals surface area (Å²) in [5.41, 5.74) is 9.26. The maximum absolute atomic E-state index is 10.4. The number of fused-ring (bicyclic) bond motifs is 3. The van der Waals surface area contributed by atoms with Crippen molar-refractivity contribution in [1.82, 2.24) is 14.5 Å². The van der Waals surface area contributed by atoms with Gasteiger partial charge in [-0.15, -0.1) is 0 Å². The van der Waals surface area contributed by atoms with Gasteiger partial charge in [0.15, 0.2) is 5.82 Å². The highest BCUT2D eigenvalue weighted by Gasteiger charge is 2.21. The summed E-state index contributed by atoms with van der Waals surface area (Å²) < 4.78 is 1.81. The van der Waals surface area contributed by atoms with E-state index in [1.807, 2.05) is 66.1 Å². The number of aromatic nitrogens is 3. The number of hydrogen-bond acceptors (Lipinski definition) is 4. The van der Waals surface area contributed by atoms with Crippen molar-refractivity contribution in [2.45, 2.75) is 13.0 Å². The number of nitrogens with zero attached hydrogens (tertiary/aromatic N) is 3. The zero-order chi connectivity index (χ0) is 16.0. The molecule has 5 heteroatoms. The Hall–Kier alpha value is -3.08. The Morgan fingerprint density at radius 3 is 2.48 bits per heavy atom. The van der Waals surface area contributed by atoms with Crippen molar-refractivity contribution < 1.29 is 5.11 Å². The molecule has 114 valence electrons. The minimum Gasteiger partial charge on any atom is -0.480 e. The van der Waals surface area contributed by atoms with E-state index in [1.165, 1.54) is 0 Å². The van der Waals surface area contributed by atoms with Crippen molar-refractivity contribution >= 4 is 27.8 Å². The van der Waals surface area contributed by atoms with Gasteiger partial charge in [0.05, 0.1) is 17.1 Å². The molecule has 3 N–H and O–H groups in total. The predicted octanol–water partition coefficient (Wildman–Crippen LogP) is 3.48. The highest BCUT2D eigenvalue weighted by molar-refractivity contribution is 6.06. The van der Waals surface area contributed by atoms with E-state index >= 15 is 0 Å². The second-order valence-electron chi connectivity index (χ2n) is 5.58. The third kappa shape index (κ3) is 2.01. The van der Waals surface area contributed by atoms with Crippen LogP contribution in [0.5, 0.6) is 6.01 Å². The van der Waals surface area contributed by atoms with Crippen LogP contribution in [0, 0.1) is 0 Å². The quantitative estimate of drug-likeness (QED) is 0.594. The first-order valence-electron chi connectivity index (χ1n) is 7.47. The Morgan fingerprint density at radius 2 is 1.70 bits per heavy atom. The molecule has 1 unspecified atom stereocenters. The molecular formula is C18H16N4O. The van der Waals surface area contributed by atoms with Crippen molar-refractivity contribution in [1.29, 1.82) is 0 Å². The smallest absolute Gasteiger partial charge is 0.295 e. The summed E-state index contributed by atoms with van der Waals surface area (Å²) >= 11 is 0. The van der Waals surface area contributed by atoms with Crippen LogP contribution in [0.2, 0.25) is 0 Å². The molecule has 0 aliphatic rings. The zero-order valence-electron chi connectivity index (χ0n) is 12.6. The van der Waals surface area contributed by atoms with E-state index in [0.29, 0.717) is 11.3 Å². The Balaban J connectivity index is 2.09. The van der Waals surface area contributed by atoms with Gasteiger partial charge in [0, 0.05) is 5.39 Å². The van der Waals surface area contributed by atoms with Gasteiger partial charge in [-0.2, -0.15) is 4.98 Å². The van der Waals surface area contributed by atoms with Gasteiger partial charge in [-0.25, -0.2) is 4.98 Å². The average Bonchev–Trinajstić information content (AvgIpc) is 2.93. The Labute approximate surface area is 133 Å². The summed E-state index contributed by atoms with van der Waals surface area (Å²) in [6.07, 6.45) is 0. The fourth-order valence-corrected chi connectivity index (χ4v) is 3.06. The number of rotatable bonds is 2. The molecule has 2 aromatic heterocycles. The minimum atomic E-state index is -0.0774. The number of imidazole rings is 1. The number of para-hydroxylation sites is 1.